The Morgan fingerprint density at radius 1 is 1.10 bits per heavy atom. The predicted octanol–water partition coefficient (Wildman–Crippen LogP) is 4.88. The van der Waals surface area contributed by atoms with Gasteiger partial charge in [0.1, 0.15) is 0 Å². The molecule has 2 heterocycles. The average molecular weight is 492 g/mol. The zero-order valence-electron chi connectivity index (χ0n) is 15.9. The van der Waals surface area contributed by atoms with E-state index in [1.165, 1.54) is 34.0 Å². The molecule has 0 unspecified atom stereocenters. The molecule has 0 atom stereocenters. The Labute approximate surface area is 195 Å². The Morgan fingerprint density at radius 3 is 2.68 bits per heavy atom. The molecule has 0 aliphatic rings. The van der Waals surface area contributed by atoms with Crippen LogP contribution in [0, 0.1) is 0 Å². The van der Waals surface area contributed by atoms with Gasteiger partial charge in [-0.15, -0.1) is 10.2 Å². The van der Waals surface area contributed by atoms with Crippen LogP contribution in [0.25, 0.3) is 10.9 Å². The van der Waals surface area contributed by atoms with Crippen molar-refractivity contribution in [1.82, 2.24) is 19.7 Å². The molecule has 7 nitrogen and oxygen atoms in total. The van der Waals surface area contributed by atoms with Gasteiger partial charge in [-0.1, -0.05) is 64.5 Å². The molecule has 4 aromatic rings. The lowest BCUT2D eigenvalue weighted by molar-refractivity contribution is -0.116. The van der Waals surface area contributed by atoms with Crippen LogP contribution in [0.2, 0.25) is 10.0 Å². The van der Waals surface area contributed by atoms with Gasteiger partial charge in [0.25, 0.3) is 5.56 Å². The molecule has 0 fully saturated rings. The number of fused-ring (bicyclic) bond motifs is 1. The van der Waals surface area contributed by atoms with Gasteiger partial charge >= 0.3 is 0 Å². The quantitative estimate of drug-likeness (QED) is 0.292. The van der Waals surface area contributed by atoms with Crippen LogP contribution in [0.15, 0.2) is 57.9 Å². The van der Waals surface area contributed by atoms with E-state index >= 15 is 0 Å². The molecule has 0 aliphatic carbocycles. The van der Waals surface area contributed by atoms with Gasteiger partial charge in [-0.3, -0.25) is 14.2 Å². The predicted molar refractivity (Wildman–Crippen MR) is 125 cm³/mol. The number of hydrogen-bond donors (Lipinski definition) is 1. The highest BCUT2D eigenvalue weighted by Gasteiger charge is 2.12. The summed E-state index contributed by atoms with van der Waals surface area (Å²) in [6.07, 6.45) is 1.56. The van der Waals surface area contributed by atoms with Crippen LogP contribution < -0.4 is 10.9 Å². The number of nitrogens with zero attached hydrogens (tertiary/aromatic N) is 4. The van der Waals surface area contributed by atoms with E-state index in [-0.39, 0.29) is 24.4 Å². The Bertz CT molecular complexity index is 1290. The number of rotatable bonds is 7. The minimum Gasteiger partial charge on any atom is -0.300 e. The van der Waals surface area contributed by atoms with Crippen LogP contribution >= 0.6 is 46.3 Å². The van der Waals surface area contributed by atoms with E-state index in [1.54, 1.807) is 36.4 Å². The minimum absolute atomic E-state index is 0.108. The van der Waals surface area contributed by atoms with E-state index in [1.807, 2.05) is 6.07 Å². The second kappa shape index (κ2) is 9.78. The molecule has 2 aromatic heterocycles. The van der Waals surface area contributed by atoms with Crippen molar-refractivity contribution in [3.63, 3.8) is 0 Å². The van der Waals surface area contributed by atoms with Crippen molar-refractivity contribution in [3.05, 3.63) is 74.8 Å². The van der Waals surface area contributed by atoms with Crippen molar-refractivity contribution >= 4 is 68.2 Å². The lowest BCUT2D eigenvalue weighted by Crippen LogP contribution is -2.23. The summed E-state index contributed by atoms with van der Waals surface area (Å²) in [5.41, 5.74) is 1.28. The van der Waals surface area contributed by atoms with Gasteiger partial charge in [0.15, 0.2) is 4.34 Å². The van der Waals surface area contributed by atoms with Gasteiger partial charge in [-0.2, -0.15) is 0 Å². The number of para-hydroxylation sites is 1. The second-order valence-electron chi connectivity index (χ2n) is 6.42. The first-order chi connectivity index (χ1) is 15.0. The summed E-state index contributed by atoms with van der Waals surface area (Å²) < 4.78 is 2.11. The first-order valence-electron chi connectivity index (χ1n) is 9.14. The summed E-state index contributed by atoms with van der Waals surface area (Å²) in [6, 6.07) is 12.5. The van der Waals surface area contributed by atoms with Gasteiger partial charge in [0, 0.05) is 28.8 Å². The summed E-state index contributed by atoms with van der Waals surface area (Å²) in [5, 5.41) is 12.9. The van der Waals surface area contributed by atoms with E-state index in [2.05, 4.69) is 20.5 Å². The Balaban J connectivity index is 1.33. The summed E-state index contributed by atoms with van der Waals surface area (Å²) >= 11 is 15.1. The molecule has 0 aliphatic heterocycles. The monoisotopic (exact) mass is 491 g/mol. The van der Waals surface area contributed by atoms with Crippen LogP contribution in [0.4, 0.5) is 5.13 Å². The molecule has 1 N–H and O–H groups in total. The lowest BCUT2D eigenvalue weighted by Gasteiger charge is -2.06. The van der Waals surface area contributed by atoms with Crippen molar-refractivity contribution in [3.8, 4) is 0 Å². The number of amides is 1. The van der Waals surface area contributed by atoms with Gasteiger partial charge in [0.2, 0.25) is 11.0 Å². The zero-order valence-corrected chi connectivity index (χ0v) is 19.1. The molecule has 1 amide bonds. The number of carbonyl (C=O) groups excluding carboxylic acids is 1. The van der Waals surface area contributed by atoms with E-state index in [4.69, 9.17) is 23.2 Å². The largest absolute Gasteiger partial charge is 0.300 e. The number of hydrogen-bond acceptors (Lipinski definition) is 7. The molecular formula is C20H15Cl2N5O2S2. The molecular weight excluding hydrogens is 477 g/mol. The maximum atomic E-state index is 12.5. The fourth-order valence-electron chi connectivity index (χ4n) is 2.79. The van der Waals surface area contributed by atoms with Crippen LogP contribution in [0.3, 0.4) is 0 Å². The molecule has 0 radical (unpaired) electrons. The highest BCUT2D eigenvalue weighted by Crippen LogP contribution is 2.33. The van der Waals surface area contributed by atoms with Gasteiger partial charge in [-0.25, -0.2) is 4.98 Å². The van der Waals surface area contributed by atoms with Gasteiger partial charge in [-0.05, 0) is 29.8 Å². The summed E-state index contributed by atoms with van der Waals surface area (Å²) in [6.45, 7) is 0.216. The second-order valence-corrected chi connectivity index (χ2v) is 9.43. The maximum Gasteiger partial charge on any atom is 0.261 e. The van der Waals surface area contributed by atoms with Crippen molar-refractivity contribution in [2.75, 3.05) is 5.32 Å². The normalized spacial score (nSPS) is 11.0. The Morgan fingerprint density at radius 2 is 1.87 bits per heavy atom. The van der Waals surface area contributed by atoms with Crippen LogP contribution in [-0.2, 0) is 17.1 Å². The van der Waals surface area contributed by atoms with Gasteiger partial charge < -0.3 is 5.32 Å². The van der Waals surface area contributed by atoms with E-state index in [0.717, 1.165) is 5.56 Å². The molecule has 158 valence electrons. The van der Waals surface area contributed by atoms with E-state index in [0.29, 0.717) is 36.2 Å². The third-order valence-corrected chi connectivity index (χ3v) is 7.07. The van der Waals surface area contributed by atoms with Crippen molar-refractivity contribution in [2.24, 2.45) is 0 Å². The number of carbonyl (C=O) groups is 1. The highest BCUT2D eigenvalue weighted by molar-refractivity contribution is 8.00. The van der Waals surface area contributed by atoms with Crippen LogP contribution in [0.5, 0.6) is 0 Å². The highest BCUT2D eigenvalue weighted by atomic mass is 35.5. The summed E-state index contributed by atoms with van der Waals surface area (Å²) in [4.78, 5) is 29.0. The molecule has 2 aromatic carbocycles. The van der Waals surface area contributed by atoms with Crippen molar-refractivity contribution in [1.29, 1.82) is 0 Å². The number of aryl methyl sites for hydroxylation is 1. The topological polar surface area (TPSA) is 89.8 Å². The molecule has 4 rings (SSSR count). The fraction of sp³-hybridized carbons (Fsp3) is 0.150. The van der Waals surface area contributed by atoms with Gasteiger partial charge in [0.05, 0.1) is 17.2 Å². The first-order valence-corrected chi connectivity index (χ1v) is 11.7. The third kappa shape index (κ3) is 5.24. The van der Waals surface area contributed by atoms with Crippen LogP contribution in [0.1, 0.15) is 12.0 Å². The number of benzene rings is 2. The number of aromatic nitrogens is 4. The van der Waals surface area contributed by atoms with E-state index < -0.39 is 0 Å². The molecule has 11 heteroatoms. The third-order valence-electron chi connectivity index (χ3n) is 4.37. The lowest BCUT2D eigenvalue weighted by atomic mass is 10.2. The molecule has 0 saturated carbocycles. The number of halogens is 2. The van der Waals surface area contributed by atoms with Crippen molar-refractivity contribution in [2.45, 2.75) is 23.1 Å². The first kappa shape index (κ1) is 21.8. The molecule has 0 spiro atoms. The molecule has 0 saturated heterocycles. The number of thioether (sulfide) groups is 1. The maximum absolute atomic E-state index is 12.5. The average Bonchev–Trinajstić information content (AvgIpc) is 3.20. The summed E-state index contributed by atoms with van der Waals surface area (Å²) in [7, 11) is 0. The fourth-order valence-corrected chi connectivity index (χ4v) is 5.30. The smallest absolute Gasteiger partial charge is 0.261 e. The molecule has 31 heavy (non-hydrogen) atoms. The minimum atomic E-state index is -0.262. The zero-order chi connectivity index (χ0) is 21.8. The number of anilines is 1. The molecule has 0 bridgehead atoms. The summed E-state index contributed by atoms with van der Waals surface area (Å²) in [5.74, 6) is 0.279. The van der Waals surface area contributed by atoms with E-state index in [9.17, 15) is 9.59 Å². The number of nitrogens with one attached hydrogen (secondary N) is 1. The standard InChI is InChI=1S/C20H15Cl2N5O2S2/c21-14-5-3-6-15(22)13(14)10-30-20-26-25-19(31-20)24-17(28)8-9-27-11-23-16-7-2-1-4-12(16)18(27)29/h1-7,11H,8-10H2,(H,24,25,28). The SMILES string of the molecule is O=C(CCn1cnc2ccccc2c1=O)Nc1nnc(SCc2c(Cl)cccc2Cl)s1. The van der Waals surface area contributed by atoms with Crippen molar-refractivity contribution < 1.29 is 4.79 Å². The Hall–Kier alpha value is -2.46. The Kier molecular flexibility index (Phi) is 6.86. The van der Waals surface area contributed by atoms with Crippen LogP contribution in [-0.4, -0.2) is 25.7 Å².